The smallest absolute Gasteiger partial charge is 0.277 e. The summed E-state index contributed by atoms with van der Waals surface area (Å²) in [5, 5.41) is 0.883. The Kier molecular flexibility index (Phi) is 5.92. The molecular weight excluding hydrogens is 401 g/mol. The average Bonchev–Trinajstić information content (AvgIpc) is 3.28. The van der Waals surface area contributed by atoms with Gasteiger partial charge in [0.1, 0.15) is 5.70 Å². The topological polar surface area (TPSA) is 53.1 Å². The molecule has 0 atom stereocenters. The van der Waals surface area contributed by atoms with E-state index in [1.807, 2.05) is 4.90 Å². The molecule has 0 saturated carbocycles. The van der Waals surface area contributed by atoms with E-state index in [9.17, 15) is 9.59 Å². The molecule has 0 unspecified atom stereocenters. The Morgan fingerprint density at radius 1 is 0.929 bits per heavy atom. The second kappa shape index (κ2) is 8.41. The van der Waals surface area contributed by atoms with Gasteiger partial charge in [0.25, 0.3) is 11.8 Å². The monoisotopic (exact) mass is 423 g/mol. The molecule has 0 bridgehead atoms. The zero-order chi connectivity index (χ0) is 19.7. The van der Waals surface area contributed by atoms with E-state index in [-0.39, 0.29) is 11.8 Å². The molecule has 3 aliphatic heterocycles. The SMILES string of the molecule is O=C1C(c2ccc(Cl)cc2Cl)=C(N2CCCC2)C(=O)N1CCN1CCOCC1. The van der Waals surface area contributed by atoms with Crippen LogP contribution in [0.25, 0.3) is 5.57 Å². The van der Waals surface area contributed by atoms with Crippen LogP contribution in [0, 0.1) is 0 Å². The molecule has 8 heteroatoms. The average molecular weight is 424 g/mol. The lowest BCUT2D eigenvalue weighted by atomic mass is 10.0. The van der Waals surface area contributed by atoms with Gasteiger partial charge in [0.15, 0.2) is 0 Å². The first-order valence-electron chi connectivity index (χ1n) is 9.67. The summed E-state index contributed by atoms with van der Waals surface area (Å²) in [6.07, 6.45) is 2.03. The number of carbonyl (C=O) groups is 2. The maximum atomic E-state index is 13.3. The highest BCUT2D eigenvalue weighted by atomic mass is 35.5. The van der Waals surface area contributed by atoms with Crippen LogP contribution in [0.4, 0.5) is 0 Å². The van der Waals surface area contributed by atoms with Crippen molar-refractivity contribution in [3.63, 3.8) is 0 Å². The van der Waals surface area contributed by atoms with Crippen molar-refractivity contribution in [2.24, 2.45) is 0 Å². The zero-order valence-corrected chi connectivity index (χ0v) is 17.1. The second-order valence-corrected chi connectivity index (χ2v) is 8.10. The molecule has 1 aromatic carbocycles. The van der Waals surface area contributed by atoms with E-state index in [2.05, 4.69) is 4.90 Å². The Hall–Kier alpha value is -1.60. The number of morpholine rings is 1. The van der Waals surface area contributed by atoms with Crippen LogP contribution >= 0.6 is 23.2 Å². The summed E-state index contributed by atoms with van der Waals surface area (Å²) in [6.45, 7) is 5.58. The zero-order valence-electron chi connectivity index (χ0n) is 15.6. The van der Waals surface area contributed by atoms with E-state index in [1.54, 1.807) is 18.2 Å². The summed E-state index contributed by atoms with van der Waals surface area (Å²) >= 11 is 12.4. The van der Waals surface area contributed by atoms with Crippen molar-refractivity contribution in [3.05, 3.63) is 39.5 Å². The Morgan fingerprint density at radius 2 is 1.64 bits per heavy atom. The molecule has 0 aromatic heterocycles. The molecule has 28 heavy (non-hydrogen) atoms. The number of ether oxygens (including phenoxy) is 1. The van der Waals surface area contributed by atoms with Crippen LogP contribution in [0.3, 0.4) is 0 Å². The van der Waals surface area contributed by atoms with E-state index in [1.165, 1.54) is 4.90 Å². The standard InChI is InChI=1S/C20H23Cl2N3O3/c21-14-3-4-15(16(22)13-14)17-18(24-5-1-2-6-24)20(27)25(19(17)26)8-7-23-9-11-28-12-10-23/h3-4,13H,1-2,5-12H2. The van der Waals surface area contributed by atoms with Crippen LogP contribution in [0.1, 0.15) is 18.4 Å². The minimum atomic E-state index is -0.274. The highest BCUT2D eigenvalue weighted by molar-refractivity contribution is 6.41. The molecular formula is C20H23Cl2N3O3. The number of rotatable bonds is 5. The van der Waals surface area contributed by atoms with Gasteiger partial charge in [0, 0.05) is 49.9 Å². The van der Waals surface area contributed by atoms with Crippen molar-refractivity contribution in [2.75, 3.05) is 52.5 Å². The summed E-state index contributed by atoms with van der Waals surface area (Å²) in [6, 6.07) is 5.04. The van der Waals surface area contributed by atoms with Crippen LogP contribution in [0.2, 0.25) is 10.0 Å². The Labute approximate surface area is 174 Å². The molecule has 2 amide bonds. The molecule has 3 aliphatic rings. The molecule has 0 N–H and O–H groups in total. The van der Waals surface area contributed by atoms with Crippen LogP contribution in [0.15, 0.2) is 23.9 Å². The number of carbonyl (C=O) groups excluding carboxylic acids is 2. The highest BCUT2D eigenvalue weighted by Gasteiger charge is 2.42. The Balaban J connectivity index is 1.63. The largest absolute Gasteiger partial charge is 0.379 e. The third-order valence-electron chi connectivity index (χ3n) is 5.51. The normalized spacial score (nSPS) is 21.4. The Morgan fingerprint density at radius 3 is 2.32 bits per heavy atom. The molecule has 0 spiro atoms. The number of imide groups is 1. The van der Waals surface area contributed by atoms with Crippen molar-refractivity contribution in [2.45, 2.75) is 12.8 Å². The lowest BCUT2D eigenvalue weighted by molar-refractivity contribution is -0.137. The van der Waals surface area contributed by atoms with E-state index >= 15 is 0 Å². The fraction of sp³-hybridized carbons (Fsp3) is 0.500. The first kappa shape index (κ1) is 19.7. The minimum Gasteiger partial charge on any atom is -0.379 e. The van der Waals surface area contributed by atoms with Crippen molar-refractivity contribution in [1.82, 2.24) is 14.7 Å². The first-order valence-corrected chi connectivity index (χ1v) is 10.4. The Bertz CT molecular complexity index is 815. The number of nitrogens with zero attached hydrogens (tertiary/aromatic N) is 3. The number of hydrogen-bond acceptors (Lipinski definition) is 5. The number of likely N-dealkylation sites (tertiary alicyclic amines) is 1. The third-order valence-corrected chi connectivity index (χ3v) is 6.06. The summed E-state index contributed by atoms with van der Waals surface area (Å²) in [5.41, 5.74) is 1.45. The summed E-state index contributed by atoms with van der Waals surface area (Å²) in [5.74, 6) is -0.495. The summed E-state index contributed by atoms with van der Waals surface area (Å²) in [7, 11) is 0. The lowest BCUT2D eigenvalue weighted by Crippen LogP contribution is -2.44. The van der Waals surface area contributed by atoms with Crippen molar-refractivity contribution in [3.8, 4) is 0 Å². The predicted octanol–water partition coefficient (Wildman–Crippen LogP) is 2.50. The summed E-state index contributed by atoms with van der Waals surface area (Å²) in [4.78, 5) is 32.1. The van der Waals surface area contributed by atoms with Gasteiger partial charge in [-0.05, 0) is 25.0 Å². The van der Waals surface area contributed by atoms with E-state index in [0.717, 1.165) is 39.0 Å². The van der Waals surface area contributed by atoms with Crippen molar-refractivity contribution >= 4 is 40.6 Å². The van der Waals surface area contributed by atoms with Crippen LogP contribution in [-0.2, 0) is 14.3 Å². The van der Waals surface area contributed by atoms with Gasteiger partial charge in [-0.15, -0.1) is 0 Å². The van der Waals surface area contributed by atoms with Gasteiger partial charge in [-0.3, -0.25) is 19.4 Å². The number of benzene rings is 1. The maximum absolute atomic E-state index is 13.3. The number of hydrogen-bond donors (Lipinski definition) is 0. The van der Waals surface area contributed by atoms with Crippen LogP contribution < -0.4 is 0 Å². The van der Waals surface area contributed by atoms with Gasteiger partial charge in [-0.1, -0.05) is 29.3 Å². The van der Waals surface area contributed by atoms with E-state index < -0.39 is 0 Å². The fourth-order valence-electron chi connectivity index (χ4n) is 4.00. The summed E-state index contributed by atoms with van der Waals surface area (Å²) < 4.78 is 5.37. The number of amides is 2. The quantitative estimate of drug-likeness (QED) is 0.680. The second-order valence-electron chi connectivity index (χ2n) is 7.26. The molecule has 6 nitrogen and oxygen atoms in total. The molecule has 150 valence electrons. The van der Waals surface area contributed by atoms with Gasteiger partial charge < -0.3 is 9.64 Å². The molecule has 0 aliphatic carbocycles. The molecule has 2 saturated heterocycles. The third kappa shape index (κ3) is 3.79. The molecule has 3 heterocycles. The molecule has 2 fully saturated rings. The van der Waals surface area contributed by atoms with E-state index in [0.29, 0.717) is 53.2 Å². The van der Waals surface area contributed by atoms with Gasteiger partial charge in [0.05, 0.1) is 23.8 Å². The predicted molar refractivity (Wildman–Crippen MR) is 108 cm³/mol. The van der Waals surface area contributed by atoms with Crippen molar-refractivity contribution < 1.29 is 14.3 Å². The van der Waals surface area contributed by atoms with Gasteiger partial charge in [-0.2, -0.15) is 0 Å². The lowest BCUT2D eigenvalue weighted by Gasteiger charge is -2.28. The minimum absolute atomic E-state index is 0.221. The highest BCUT2D eigenvalue weighted by Crippen LogP contribution is 2.37. The van der Waals surface area contributed by atoms with Crippen LogP contribution in [0.5, 0.6) is 0 Å². The van der Waals surface area contributed by atoms with E-state index in [4.69, 9.17) is 27.9 Å². The first-order chi connectivity index (χ1) is 13.6. The molecule has 1 aromatic rings. The molecule has 0 radical (unpaired) electrons. The maximum Gasteiger partial charge on any atom is 0.277 e. The van der Waals surface area contributed by atoms with Crippen molar-refractivity contribution in [1.29, 1.82) is 0 Å². The fourth-order valence-corrected chi connectivity index (χ4v) is 4.50. The van der Waals surface area contributed by atoms with Gasteiger partial charge >= 0.3 is 0 Å². The van der Waals surface area contributed by atoms with Crippen LogP contribution in [-0.4, -0.2) is 79.0 Å². The van der Waals surface area contributed by atoms with Gasteiger partial charge in [-0.25, -0.2) is 0 Å². The molecule has 4 rings (SSSR count). The van der Waals surface area contributed by atoms with Gasteiger partial charge in [0.2, 0.25) is 0 Å². The number of halogens is 2.